The lowest BCUT2D eigenvalue weighted by Crippen LogP contribution is -2.61. The summed E-state index contributed by atoms with van der Waals surface area (Å²) in [6.45, 7) is 4.37. The summed E-state index contributed by atoms with van der Waals surface area (Å²) in [5, 5.41) is 0.679. The van der Waals surface area contributed by atoms with Gasteiger partial charge in [-0.2, -0.15) is 4.31 Å². The Morgan fingerprint density at radius 3 is 2.66 bits per heavy atom. The minimum Gasteiger partial charge on any atom is -0.337 e. The number of nitrogens with zero attached hydrogens (tertiary/aromatic N) is 6. The van der Waals surface area contributed by atoms with Crippen molar-refractivity contribution in [1.29, 1.82) is 0 Å². The van der Waals surface area contributed by atoms with Gasteiger partial charge in [-0.1, -0.05) is 54.9 Å². The molecule has 47 heavy (non-hydrogen) atoms. The topological polar surface area (TPSA) is 91.6 Å². The highest BCUT2D eigenvalue weighted by molar-refractivity contribution is 9.10. The van der Waals surface area contributed by atoms with Crippen LogP contribution in [0.2, 0.25) is 5.02 Å². The van der Waals surface area contributed by atoms with Crippen LogP contribution in [0.4, 0.5) is 0 Å². The number of piperazine rings is 1. The number of imidazole rings is 1. The number of aromatic nitrogens is 3. The zero-order chi connectivity index (χ0) is 33.0. The molecule has 12 heteroatoms. The van der Waals surface area contributed by atoms with E-state index in [9.17, 15) is 13.2 Å². The summed E-state index contributed by atoms with van der Waals surface area (Å²) in [7, 11) is -3.68. The highest BCUT2D eigenvalue weighted by atomic mass is 79.9. The number of carbonyl (C=O) groups excluding carboxylic acids is 1. The maximum atomic E-state index is 14.8. The van der Waals surface area contributed by atoms with Gasteiger partial charge in [0, 0.05) is 67.4 Å². The first-order chi connectivity index (χ1) is 22.7. The molecule has 248 valence electrons. The number of hydrogen-bond donors (Lipinski definition) is 0. The molecule has 4 aromatic rings. The van der Waals surface area contributed by atoms with Crippen LogP contribution in [0.1, 0.15) is 53.8 Å². The van der Waals surface area contributed by atoms with Crippen LogP contribution in [0.5, 0.6) is 0 Å². The summed E-state index contributed by atoms with van der Waals surface area (Å²) in [6.07, 6.45) is 10.0. The first-order valence-corrected chi connectivity index (χ1v) is 19.0. The van der Waals surface area contributed by atoms with Crippen molar-refractivity contribution in [3.05, 3.63) is 117 Å². The van der Waals surface area contributed by atoms with Gasteiger partial charge in [0.25, 0.3) is 0 Å². The summed E-state index contributed by atoms with van der Waals surface area (Å²) in [4.78, 5) is 27.9. The summed E-state index contributed by atoms with van der Waals surface area (Å²) >= 11 is 10.1. The lowest BCUT2D eigenvalue weighted by Gasteiger charge is -2.44. The van der Waals surface area contributed by atoms with Gasteiger partial charge in [0.2, 0.25) is 15.9 Å². The number of sulfonamides is 1. The molecule has 1 fully saturated rings. The first-order valence-electron chi connectivity index (χ1n) is 16.2. The van der Waals surface area contributed by atoms with Gasteiger partial charge in [0.05, 0.1) is 23.8 Å². The SMILES string of the molecule is CCCS(=O)(=O)N1CCN([C@H]2c3ccc(Cl)cc3CCc3cc(Br)cnc32)C[C@@H]1C(=O)N(CCCn1ccnc1)Cc1ccccc1. The normalized spacial score (nSPS) is 18.7. The van der Waals surface area contributed by atoms with E-state index in [2.05, 4.69) is 37.9 Å². The monoisotopic (exact) mass is 738 g/mol. The third-order valence-corrected chi connectivity index (χ3v) is 11.8. The van der Waals surface area contributed by atoms with Crippen molar-refractivity contribution >= 4 is 43.5 Å². The third-order valence-electron chi connectivity index (χ3n) is 9.05. The van der Waals surface area contributed by atoms with Crippen molar-refractivity contribution in [3.8, 4) is 0 Å². The maximum absolute atomic E-state index is 14.8. The third kappa shape index (κ3) is 7.81. The molecule has 2 aromatic heterocycles. The van der Waals surface area contributed by atoms with Crippen LogP contribution in [-0.2, 0) is 40.7 Å². The molecule has 0 spiro atoms. The van der Waals surface area contributed by atoms with Crippen LogP contribution in [0.3, 0.4) is 0 Å². The van der Waals surface area contributed by atoms with E-state index in [-0.39, 0.29) is 30.8 Å². The van der Waals surface area contributed by atoms with Gasteiger partial charge in [-0.05, 0) is 82.1 Å². The number of carbonyl (C=O) groups is 1. The zero-order valence-electron chi connectivity index (χ0n) is 26.5. The van der Waals surface area contributed by atoms with E-state index >= 15 is 0 Å². The first kappa shape index (κ1) is 33.8. The Hall–Kier alpha value is -3.09. The highest BCUT2D eigenvalue weighted by Gasteiger charge is 2.44. The largest absolute Gasteiger partial charge is 0.337 e. The van der Waals surface area contributed by atoms with E-state index in [4.69, 9.17) is 16.6 Å². The van der Waals surface area contributed by atoms with Crippen LogP contribution in [0.25, 0.3) is 0 Å². The van der Waals surface area contributed by atoms with E-state index in [1.165, 1.54) is 4.31 Å². The van der Waals surface area contributed by atoms with Crippen molar-refractivity contribution < 1.29 is 13.2 Å². The summed E-state index contributed by atoms with van der Waals surface area (Å²) in [6, 6.07) is 16.9. The fraction of sp³-hybridized carbons (Fsp3) is 0.400. The number of hydrogen-bond acceptors (Lipinski definition) is 6. The van der Waals surface area contributed by atoms with Crippen LogP contribution in [0.15, 0.2) is 84.0 Å². The highest BCUT2D eigenvalue weighted by Crippen LogP contribution is 2.39. The van der Waals surface area contributed by atoms with E-state index in [1.54, 1.807) is 12.5 Å². The fourth-order valence-corrected chi connectivity index (χ4v) is 9.09. The van der Waals surface area contributed by atoms with Gasteiger partial charge in [-0.3, -0.25) is 14.7 Å². The van der Waals surface area contributed by atoms with E-state index in [0.717, 1.165) is 45.3 Å². The average molecular weight is 740 g/mol. The Kier molecular flexibility index (Phi) is 10.8. The second-order valence-electron chi connectivity index (χ2n) is 12.3. The van der Waals surface area contributed by atoms with Gasteiger partial charge in [-0.25, -0.2) is 13.4 Å². The molecule has 2 atom stereocenters. The molecule has 1 amide bonds. The lowest BCUT2D eigenvalue weighted by molar-refractivity contribution is -0.138. The number of pyridine rings is 1. The number of benzene rings is 2. The molecule has 0 N–H and O–H groups in total. The van der Waals surface area contributed by atoms with Gasteiger partial charge in [0.1, 0.15) is 6.04 Å². The number of amides is 1. The quantitative estimate of drug-likeness (QED) is 0.195. The maximum Gasteiger partial charge on any atom is 0.242 e. The molecule has 0 unspecified atom stereocenters. The van der Waals surface area contributed by atoms with Gasteiger partial charge in [0.15, 0.2) is 0 Å². The minimum absolute atomic E-state index is 0.000723. The van der Waals surface area contributed by atoms with Crippen molar-refractivity contribution in [1.82, 2.24) is 28.6 Å². The number of rotatable bonds is 11. The Bertz CT molecular complexity index is 1740. The minimum atomic E-state index is -3.68. The number of halogens is 2. The molecular formula is C35H40BrClN6O3S. The Labute approximate surface area is 290 Å². The number of fused-ring (bicyclic) bond motifs is 2. The van der Waals surface area contributed by atoms with Crippen LogP contribution < -0.4 is 0 Å². The van der Waals surface area contributed by atoms with E-state index in [1.807, 2.05) is 71.2 Å². The van der Waals surface area contributed by atoms with Gasteiger partial charge < -0.3 is 9.47 Å². The predicted molar refractivity (Wildman–Crippen MR) is 187 cm³/mol. The molecule has 3 heterocycles. The van der Waals surface area contributed by atoms with Crippen LogP contribution >= 0.6 is 27.5 Å². The Balaban J connectivity index is 1.37. The smallest absolute Gasteiger partial charge is 0.242 e. The zero-order valence-corrected chi connectivity index (χ0v) is 29.7. The molecule has 9 nitrogen and oxygen atoms in total. The molecule has 6 rings (SSSR count). The predicted octanol–water partition coefficient (Wildman–Crippen LogP) is 5.73. The summed E-state index contributed by atoms with van der Waals surface area (Å²) < 4.78 is 31.9. The second-order valence-corrected chi connectivity index (χ2v) is 15.7. The standard InChI is InChI=1S/C35H40BrClN6O3S/c1-2-19-47(45,46)43-18-17-41(34-31-12-11-30(37)21-27(31)9-10-28-20-29(36)22-39-33(28)34)24-32(43)35(44)42(23-26-7-4-3-5-8-26)15-6-14-40-16-13-38-25-40/h3-5,7-8,11-13,16,20-22,25,32,34H,2,6,9-10,14-15,17-19,23-24H2,1H3/t32-,34+/m1/s1. The summed E-state index contributed by atoms with van der Waals surface area (Å²) in [5.74, 6) is -0.183. The number of aryl methyl sites for hydroxylation is 3. The van der Waals surface area contributed by atoms with Crippen molar-refractivity contribution in [2.75, 3.05) is 31.9 Å². The molecule has 2 aliphatic rings. The Morgan fingerprint density at radius 2 is 1.89 bits per heavy atom. The molecule has 1 aliphatic heterocycles. The van der Waals surface area contributed by atoms with E-state index < -0.39 is 16.1 Å². The summed E-state index contributed by atoms with van der Waals surface area (Å²) in [5.41, 5.74) is 5.31. The van der Waals surface area contributed by atoms with Crippen LogP contribution in [-0.4, -0.2) is 80.9 Å². The molecule has 0 bridgehead atoms. The average Bonchev–Trinajstić information content (AvgIpc) is 3.53. The molecular weight excluding hydrogens is 700 g/mol. The fourth-order valence-electron chi connectivity index (χ4n) is 6.86. The van der Waals surface area contributed by atoms with Gasteiger partial charge in [-0.15, -0.1) is 0 Å². The van der Waals surface area contributed by atoms with Crippen LogP contribution in [0, 0.1) is 0 Å². The molecule has 1 saturated heterocycles. The Morgan fingerprint density at radius 1 is 1.09 bits per heavy atom. The lowest BCUT2D eigenvalue weighted by atomic mass is 9.95. The molecule has 0 saturated carbocycles. The van der Waals surface area contributed by atoms with Crippen molar-refractivity contribution in [3.63, 3.8) is 0 Å². The molecule has 2 aromatic carbocycles. The molecule has 1 aliphatic carbocycles. The van der Waals surface area contributed by atoms with Gasteiger partial charge >= 0.3 is 0 Å². The van der Waals surface area contributed by atoms with Crippen molar-refractivity contribution in [2.45, 2.75) is 57.8 Å². The second kappa shape index (κ2) is 15.0. The van der Waals surface area contributed by atoms with Crippen molar-refractivity contribution in [2.24, 2.45) is 0 Å². The molecule has 0 radical (unpaired) electrons. The van der Waals surface area contributed by atoms with E-state index in [0.29, 0.717) is 44.0 Å².